The van der Waals surface area contributed by atoms with E-state index >= 15 is 0 Å². The van der Waals surface area contributed by atoms with E-state index in [0.717, 1.165) is 48.3 Å². The molecule has 0 radical (unpaired) electrons. The lowest BCUT2D eigenvalue weighted by Gasteiger charge is -2.15. The second-order valence-corrected chi connectivity index (χ2v) is 7.31. The maximum atomic E-state index is 9.26. The van der Waals surface area contributed by atoms with Crippen LogP contribution < -0.4 is 0 Å². The quantitative estimate of drug-likeness (QED) is 0.338. The van der Waals surface area contributed by atoms with E-state index in [9.17, 15) is 5.26 Å². The number of oxazole rings is 1. The number of nitriles is 1. The number of benzene rings is 1. The Labute approximate surface area is 174 Å². The van der Waals surface area contributed by atoms with Crippen LogP contribution in [0.1, 0.15) is 80.0 Å². The summed E-state index contributed by atoms with van der Waals surface area (Å²) in [4.78, 5) is 9.06. The van der Waals surface area contributed by atoms with Crippen LogP contribution in [0.15, 0.2) is 46.3 Å². The van der Waals surface area contributed by atoms with E-state index in [0.29, 0.717) is 17.5 Å². The highest BCUT2D eigenvalue weighted by Gasteiger charge is 2.24. The van der Waals surface area contributed by atoms with Gasteiger partial charge in [0.05, 0.1) is 17.3 Å². The molecule has 0 saturated carbocycles. The van der Waals surface area contributed by atoms with Gasteiger partial charge in [0.15, 0.2) is 0 Å². The lowest BCUT2D eigenvalue weighted by atomic mass is 9.89. The van der Waals surface area contributed by atoms with Crippen LogP contribution in [0.5, 0.6) is 0 Å². The molecule has 0 saturated heterocycles. The first-order valence-electron chi connectivity index (χ1n) is 10.4. The van der Waals surface area contributed by atoms with E-state index in [1.54, 1.807) is 12.3 Å². The maximum Gasteiger partial charge on any atom is 0.245 e. The molecule has 0 fully saturated rings. The van der Waals surface area contributed by atoms with Gasteiger partial charge in [-0.25, -0.2) is 4.98 Å². The van der Waals surface area contributed by atoms with Gasteiger partial charge >= 0.3 is 0 Å². The second kappa shape index (κ2) is 11.2. The molecule has 3 rings (SSSR count). The maximum absolute atomic E-state index is 9.26. The smallest absolute Gasteiger partial charge is 0.245 e. The van der Waals surface area contributed by atoms with Gasteiger partial charge in [0.2, 0.25) is 5.89 Å². The Morgan fingerprint density at radius 1 is 1.38 bits per heavy atom. The fourth-order valence-electron chi connectivity index (χ4n) is 3.51. The number of aliphatic imine (C=N–C) groups is 1. The second-order valence-electron chi connectivity index (χ2n) is 7.31. The van der Waals surface area contributed by atoms with Crippen LogP contribution in [0, 0.1) is 18.3 Å². The molecule has 1 aliphatic rings. The number of nitrogens with zero attached hydrogens (tertiary/aromatic N) is 3. The summed E-state index contributed by atoms with van der Waals surface area (Å²) >= 11 is 0. The van der Waals surface area contributed by atoms with Crippen molar-refractivity contribution >= 4 is 11.9 Å². The zero-order valence-electron chi connectivity index (χ0n) is 18.0. The summed E-state index contributed by atoms with van der Waals surface area (Å²) < 4.78 is 6.01. The lowest BCUT2D eigenvalue weighted by Crippen LogP contribution is -2.03. The average molecular weight is 390 g/mol. The van der Waals surface area contributed by atoms with Crippen molar-refractivity contribution in [2.75, 3.05) is 0 Å². The largest absolute Gasteiger partial charge is 0.440 e. The summed E-state index contributed by atoms with van der Waals surface area (Å²) in [7, 11) is 0. The predicted octanol–water partition coefficient (Wildman–Crippen LogP) is 6.55. The van der Waals surface area contributed by atoms with Gasteiger partial charge in [-0.1, -0.05) is 39.0 Å². The van der Waals surface area contributed by atoms with Crippen LogP contribution in [-0.4, -0.2) is 11.2 Å². The normalized spacial score (nSPS) is 16.4. The van der Waals surface area contributed by atoms with E-state index in [4.69, 9.17) is 9.40 Å². The Kier molecular flexibility index (Phi) is 8.61. The Balaban J connectivity index is 0.000000941. The molecule has 1 unspecified atom stereocenters. The third-order valence-electron chi connectivity index (χ3n) is 4.64. The first-order valence-corrected chi connectivity index (χ1v) is 10.4. The van der Waals surface area contributed by atoms with Crippen LogP contribution in [0.4, 0.5) is 0 Å². The van der Waals surface area contributed by atoms with Crippen LogP contribution in [0.3, 0.4) is 0 Å². The van der Waals surface area contributed by atoms with Crippen LogP contribution in [-0.2, 0) is 12.8 Å². The lowest BCUT2D eigenvalue weighted by molar-refractivity contribution is 0.481. The molecule has 2 aromatic rings. The fourth-order valence-corrected chi connectivity index (χ4v) is 3.51. The summed E-state index contributed by atoms with van der Waals surface area (Å²) in [6.07, 6.45) is 10.3. The van der Waals surface area contributed by atoms with Crippen molar-refractivity contribution in [3.63, 3.8) is 0 Å². The van der Waals surface area contributed by atoms with Crippen molar-refractivity contribution in [2.45, 2.75) is 65.7 Å². The first kappa shape index (κ1) is 22.4. The van der Waals surface area contributed by atoms with Crippen LogP contribution in [0.2, 0.25) is 0 Å². The summed E-state index contributed by atoms with van der Waals surface area (Å²) in [5, 5.41) is 9.26. The van der Waals surface area contributed by atoms with Gasteiger partial charge in [0.25, 0.3) is 0 Å². The van der Waals surface area contributed by atoms with Gasteiger partial charge in [0.1, 0.15) is 11.5 Å². The zero-order valence-corrected chi connectivity index (χ0v) is 18.0. The topological polar surface area (TPSA) is 62.2 Å². The van der Waals surface area contributed by atoms with Crippen molar-refractivity contribution in [3.05, 3.63) is 71.0 Å². The van der Waals surface area contributed by atoms with Crippen molar-refractivity contribution < 1.29 is 4.42 Å². The van der Waals surface area contributed by atoms with Gasteiger partial charge in [-0.2, -0.15) is 5.26 Å². The molecule has 1 aromatic heterocycles. The van der Waals surface area contributed by atoms with Crippen LogP contribution >= 0.6 is 0 Å². The Morgan fingerprint density at radius 3 is 2.79 bits per heavy atom. The summed E-state index contributed by atoms with van der Waals surface area (Å²) in [6, 6.07) is 8.38. The Bertz CT molecular complexity index is 928. The van der Waals surface area contributed by atoms with Crippen molar-refractivity contribution in [1.29, 1.82) is 5.26 Å². The molecular weight excluding hydrogens is 358 g/mol. The third kappa shape index (κ3) is 6.02. The van der Waals surface area contributed by atoms with E-state index in [1.165, 1.54) is 12.0 Å². The third-order valence-corrected chi connectivity index (χ3v) is 4.64. The van der Waals surface area contributed by atoms with Gasteiger partial charge in [-0.15, -0.1) is 0 Å². The molecular formula is C25H31N3O. The number of fused-ring (bicyclic) bond motifs is 1. The average Bonchev–Trinajstić information content (AvgIpc) is 2.99. The molecule has 1 aromatic carbocycles. The molecule has 0 bridgehead atoms. The summed E-state index contributed by atoms with van der Waals surface area (Å²) in [5.41, 5.74) is 4.75. The molecule has 1 aliphatic carbocycles. The minimum atomic E-state index is 0.350. The summed E-state index contributed by atoms with van der Waals surface area (Å²) in [5.74, 6) is 1.86. The van der Waals surface area contributed by atoms with Crippen molar-refractivity contribution in [2.24, 2.45) is 4.99 Å². The van der Waals surface area contributed by atoms with Crippen LogP contribution in [0.25, 0.3) is 5.70 Å². The number of aryl methyl sites for hydroxylation is 2. The molecule has 1 heterocycles. The highest BCUT2D eigenvalue weighted by atomic mass is 16.4. The molecule has 1 atom stereocenters. The molecule has 152 valence electrons. The number of rotatable bonds is 4. The van der Waals surface area contributed by atoms with E-state index in [1.807, 2.05) is 32.1 Å². The molecule has 29 heavy (non-hydrogen) atoms. The predicted molar refractivity (Wildman–Crippen MR) is 120 cm³/mol. The SMILES string of the molecule is C=C/C=C(\N=CC)c1nc2c(o1)CCCC(c1cc(C)cc(C#N)c1)C2.CCC. The minimum absolute atomic E-state index is 0.350. The van der Waals surface area contributed by atoms with E-state index < -0.39 is 0 Å². The van der Waals surface area contributed by atoms with Crippen molar-refractivity contribution in [1.82, 2.24) is 4.98 Å². The summed E-state index contributed by atoms with van der Waals surface area (Å²) in [6.45, 7) is 11.9. The van der Waals surface area contributed by atoms with Gasteiger partial charge < -0.3 is 4.42 Å². The highest BCUT2D eigenvalue weighted by Crippen LogP contribution is 2.33. The number of aromatic nitrogens is 1. The molecule has 0 aliphatic heterocycles. The zero-order chi connectivity index (χ0) is 21.2. The molecule has 0 spiro atoms. The van der Waals surface area contributed by atoms with Gasteiger partial charge in [-0.05, 0) is 61.9 Å². The Hall–Kier alpha value is -2.93. The molecule has 0 amide bonds. The number of allylic oxidation sites excluding steroid dienone is 2. The monoisotopic (exact) mass is 389 g/mol. The van der Waals surface area contributed by atoms with Gasteiger partial charge in [-0.3, -0.25) is 4.99 Å². The van der Waals surface area contributed by atoms with E-state index in [-0.39, 0.29) is 0 Å². The highest BCUT2D eigenvalue weighted by molar-refractivity contribution is 5.70. The number of hydrogen-bond donors (Lipinski definition) is 0. The number of hydrogen-bond acceptors (Lipinski definition) is 4. The molecule has 0 N–H and O–H groups in total. The molecule has 4 nitrogen and oxygen atoms in total. The minimum Gasteiger partial charge on any atom is -0.440 e. The first-order chi connectivity index (χ1) is 14.1. The standard InChI is InChI=1S/C22H23N3O.C3H8/c1-4-7-19(24-5-2)22-25-20-13-17(8-6-9-21(20)26-22)18-11-15(3)10-16(12-18)14-23;1-3-2/h4-5,7,10-12,17H,1,6,8-9,13H2,2-3H3;3H2,1-2H3/b19-7-,24-5?;. The van der Waals surface area contributed by atoms with Crippen molar-refractivity contribution in [3.8, 4) is 6.07 Å². The fraction of sp³-hybridized carbons (Fsp3) is 0.400. The Morgan fingerprint density at radius 2 is 2.14 bits per heavy atom. The van der Waals surface area contributed by atoms with E-state index in [2.05, 4.69) is 37.6 Å². The van der Waals surface area contributed by atoms with Gasteiger partial charge in [0, 0.05) is 19.1 Å². The molecule has 4 heteroatoms.